The molecule has 4 N–H and O–H groups in total. The lowest BCUT2D eigenvalue weighted by molar-refractivity contribution is -0.160. The number of rotatable bonds is 7. The molecule has 0 aromatic heterocycles. The maximum absolute atomic E-state index is 12.7. The van der Waals surface area contributed by atoms with Crippen molar-refractivity contribution in [2.75, 3.05) is 24.0 Å². The van der Waals surface area contributed by atoms with Crippen molar-refractivity contribution in [2.24, 2.45) is 0 Å². The van der Waals surface area contributed by atoms with Gasteiger partial charge in [-0.3, -0.25) is 4.79 Å². The minimum atomic E-state index is -1.30. The number of carboxylic acids is 1. The van der Waals surface area contributed by atoms with Crippen molar-refractivity contribution in [3.8, 4) is 28.0 Å². The van der Waals surface area contributed by atoms with Crippen molar-refractivity contribution >= 4 is 30.0 Å². The molecule has 3 aromatic rings. The number of carboxylic acid groups (broad SMARTS) is 1. The monoisotopic (exact) mass is 592 g/mol. The first-order valence-corrected chi connectivity index (χ1v) is 14.2. The summed E-state index contributed by atoms with van der Waals surface area (Å²) in [6.45, 7) is 18.9. The number of nitrogens with one attached hydrogen (secondary N) is 2. The van der Waals surface area contributed by atoms with Gasteiger partial charge in [0, 0.05) is 16.8 Å². The summed E-state index contributed by atoms with van der Waals surface area (Å²) in [7, 11) is 0. The molecule has 1 atom stereocenters. The fraction of sp³-hybridized carbons (Fsp3) is 0.382. The number of aliphatic hydroxyl groups excluding tert-OH is 1. The van der Waals surface area contributed by atoms with E-state index in [1.165, 1.54) is 0 Å². The Morgan fingerprint density at radius 1 is 1.00 bits per heavy atom. The highest BCUT2D eigenvalue weighted by Crippen LogP contribution is 2.48. The van der Waals surface area contributed by atoms with Crippen molar-refractivity contribution in [3.05, 3.63) is 64.2 Å². The van der Waals surface area contributed by atoms with Gasteiger partial charge in [0.1, 0.15) is 19.3 Å². The van der Waals surface area contributed by atoms with Crippen LogP contribution in [0.2, 0.25) is 0 Å². The van der Waals surface area contributed by atoms with Gasteiger partial charge in [-0.2, -0.15) is 0 Å². The van der Waals surface area contributed by atoms with E-state index in [4.69, 9.17) is 14.3 Å². The largest absolute Gasteiger partial charge is 0.482 e. The van der Waals surface area contributed by atoms with Gasteiger partial charge in [-0.15, -0.1) is 0 Å². The molecule has 0 saturated carbocycles. The Hall–Kier alpha value is -4.21. The second-order valence-electron chi connectivity index (χ2n) is 10.9. The van der Waals surface area contributed by atoms with Gasteiger partial charge in [0.25, 0.3) is 5.91 Å². The van der Waals surface area contributed by atoms with Gasteiger partial charge in [-0.05, 0) is 99.5 Å². The molecule has 0 saturated heterocycles. The summed E-state index contributed by atoms with van der Waals surface area (Å²) in [5.74, 6) is -0.842. The third-order valence-electron chi connectivity index (χ3n) is 6.96. The predicted octanol–water partition coefficient (Wildman–Crippen LogP) is 6.73. The number of aliphatic carboxylic acids is 1. The number of anilines is 2. The van der Waals surface area contributed by atoms with E-state index in [1.54, 1.807) is 12.1 Å². The third-order valence-corrected chi connectivity index (χ3v) is 6.96. The Labute approximate surface area is 254 Å². The van der Waals surface area contributed by atoms with Crippen LogP contribution in [0.5, 0.6) is 5.75 Å². The van der Waals surface area contributed by atoms with Crippen LogP contribution in [0.25, 0.3) is 22.3 Å². The fourth-order valence-corrected chi connectivity index (χ4v) is 5.11. The van der Waals surface area contributed by atoms with Crippen LogP contribution in [0.4, 0.5) is 11.4 Å². The smallest absolute Gasteiger partial charge is 0.337 e. The van der Waals surface area contributed by atoms with Crippen molar-refractivity contribution < 1.29 is 34.1 Å². The number of carbonyl (C=O) groups excluding carboxylic acids is 2. The molecule has 3 aromatic carbocycles. The topological polar surface area (TPSA) is 134 Å². The molecule has 0 bridgehead atoms. The molecule has 9 nitrogen and oxygen atoms in total. The molecular weight excluding hydrogens is 548 g/mol. The molecule has 1 aliphatic rings. The summed E-state index contributed by atoms with van der Waals surface area (Å²) in [6.07, 6.45) is -1.30. The van der Waals surface area contributed by atoms with Gasteiger partial charge in [-0.1, -0.05) is 38.1 Å². The van der Waals surface area contributed by atoms with Crippen molar-refractivity contribution in [3.63, 3.8) is 0 Å². The molecule has 0 aliphatic carbocycles. The van der Waals surface area contributed by atoms with E-state index in [9.17, 15) is 19.8 Å². The molecule has 232 valence electrons. The van der Waals surface area contributed by atoms with Crippen LogP contribution in [0, 0.1) is 27.7 Å². The van der Waals surface area contributed by atoms with Crippen LogP contribution >= 0.6 is 0 Å². The zero-order valence-electron chi connectivity index (χ0n) is 26.6. The zero-order chi connectivity index (χ0) is 32.6. The standard InChI is InChI=1S/C31H36N2O6.C2H6.CH2O/c1-16-8-9-20(12-17(16)2)26-18(3)25(21-10-11-23-22(13-21)33-24(35)14-38-23)27(19(4)28(26)32-15-34)29(30(36)37)39-31(5,6)7;2*1-2/h8-13,29,32,34H,14-15H2,1-7H3,(H,33,35)(H,36,37);1-2H3;1H2. The summed E-state index contributed by atoms with van der Waals surface area (Å²) in [5, 5.41) is 26.3. The van der Waals surface area contributed by atoms with Gasteiger partial charge in [0.2, 0.25) is 0 Å². The van der Waals surface area contributed by atoms with Gasteiger partial charge >= 0.3 is 5.97 Å². The molecule has 43 heavy (non-hydrogen) atoms. The van der Waals surface area contributed by atoms with Crippen LogP contribution in [-0.4, -0.2) is 47.8 Å². The zero-order valence-corrected chi connectivity index (χ0v) is 26.6. The summed E-state index contributed by atoms with van der Waals surface area (Å²) in [5.41, 5.74) is 7.75. The Morgan fingerprint density at radius 2 is 1.60 bits per heavy atom. The fourth-order valence-electron chi connectivity index (χ4n) is 5.11. The predicted molar refractivity (Wildman–Crippen MR) is 171 cm³/mol. The lowest BCUT2D eigenvalue weighted by Gasteiger charge is -2.31. The summed E-state index contributed by atoms with van der Waals surface area (Å²) >= 11 is 0. The third kappa shape index (κ3) is 7.80. The van der Waals surface area contributed by atoms with Gasteiger partial charge in [0.05, 0.1) is 11.3 Å². The molecule has 1 unspecified atom stereocenters. The number of hydrogen-bond acceptors (Lipinski definition) is 7. The number of carbonyl (C=O) groups is 3. The number of aliphatic hydroxyl groups is 1. The number of fused-ring (bicyclic) bond motifs is 1. The van der Waals surface area contributed by atoms with Crippen LogP contribution in [0.1, 0.15) is 68.5 Å². The Kier molecular flexibility index (Phi) is 12.0. The summed E-state index contributed by atoms with van der Waals surface area (Å²) < 4.78 is 11.7. The van der Waals surface area contributed by atoms with Gasteiger partial charge in [0.15, 0.2) is 12.7 Å². The normalized spacial score (nSPS) is 12.7. The van der Waals surface area contributed by atoms with Gasteiger partial charge < -0.3 is 35.1 Å². The van der Waals surface area contributed by atoms with Crippen molar-refractivity contribution in [2.45, 2.75) is 74.0 Å². The molecule has 0 spiro atoms. The Bertz CT molecular complexity index is 1470. The quantitative estimate of drug-likeness (QED) is 0.222. The van der Waals surface area contributed by atoms with Crippen molar-refractivity contribution in [1.82, 2.24) is 0 Å². The van der Waals surface area contributed by atoms with E-state index in [2.05, 4.69) is 16.7 Å². The molecule has 4 rings (SSSR count). The first-order chi connectivity index (χ1) is 20.3. The summed E-state index contributed by atoms with van der Waals surface area (Å²) in [6, 6.07) is 11.6. The lowest BCUT2D eigenvalue weighted by Crippen LogP contribution is -2.29. The highest BCUT2D eigenvalue weighted by atomic mass is 16.5. The highest BCUT2D eigenvalue weighted by Gasteiger charge is 2.34. The van der Waals surface area contributed by atoms with E-state index < -0.39 is 17.7 Å². The Morgan fingerprint density at radius 3 is 2.16 bits per heavy atom. The Balaban J connectivity index is 0.00000155. The number of amides is 1. The molecule has 1 amide bonds. The molecule has 1 heterocycles. The van der Waals surface area contributed by atoms with E-state index in [0.29, 0.717) is 39.4 Å². The SMILES string of the molecule is C=O.CC.Cc1ccc(-c2c(C)c(-c3ccc4c(c3)NC(=O)CO4)c(C(OC(C)(C)C)C(=O)O)c(C)c2NCO)cc1C. The van der Waals surface area contributed by atoms with Gasteiger partial charge in [-0.25, -0.2) is 4.79 Å². The second kappa shape index (κ2) is 14.8. The number of hydrogen-bond donors (Lipinski definition) is 4. The van der Waals surface area contributed by atoms with E-state index in [0.717, 1.165) is 27.8 Å². The molecular formula is C34H44N2O7. The minimum Gasteiger partial charge on any atom is -0.482 e. The van der Waals surface area contributed by atoms with Crippen LogP contribution < -0.4 is 15.4 Å². The molecule has 1 aliphatic heterocycles. The maximum Gasteiger partial charge on any atom is 0.337 e. The van der Waals surface area contributed by atoms with Crippen LogP contribution in [0.15, 0.2) is 36.4 Å². The lowest BCUT2D eigenvalue weighted by atomic mass is 9.82. The second-order valence-corrected chi connectivity index (χ2v) is 10.9. The number of benzene rings is 3. The van der Waals surface area contributed by atoms with E-state index >= 15 is 0 Å². The van der Waals surface area contributed by atoms with Crippen LogP contribution in [-0.2, 0) is 19.1 Å². The highest BCUT2D eigenvalue weighted by molar-refractivity contribution is 5.98. The summed E-state index contributed by atoms with van der Waals surface area (Å²) in [4.78, 5) is 32.8. The average Bonchev–Trinajstić information content (AvgIpc) is 2.96. The van der Waals surface area contributed by atoms with E-state index in [1.807, 2.05) is 87.3 Å². The first kappa shape index (κ1) is 35.0. The average molecular weight is 593 g/mol. The first-order valence-electron chi connectivity index (χ1n) is 14.2. The van der Waals surface area contributed by atoms with Crippen molar-refractivity contribution in [1.29, 1.82) is 0 Å². The molecule has 0 fully saturated rings. The minimum absolute atomic E-state index is 0.0608. The number of aryl methyl sites for hydroxylation is 2. The number of ether oxygens (including phenoxy) is 2. The molecule has 9 heteroatoms. The molecule has 0 radical (unpaired) electrons. The van der Waals surface area contributed by atoms with E-state index in [-0.39, 0.29) is 19.2 Å². The van der Waals surface area contributed by atoms with Crippen LogP contribution in [0.3, 0.4) is 0 Å². The maximum atomic E-state index is 12.7.